The molecular weight excluding hydrogens is 442 g/mol. The van der Waals surface area contributed by atoms with Crippen LogP contribution in [0.1, 0.15) is 39.8 Å². The van der Waals surface area contributed by atoms with Gasteiger partial charge in [0.1, 0.15) is 11.6 Å². The Morgan fingerprint density at radius 2 is 1.88 bits per heavy atom. The molecule has 0 fully saturated rings. The zero-order valence-corrected chi connectivity index (χ0v) is 17.3. The van der Waals surface area contributed by atoms with Crippen LogP contribution in [0, 0.1) is 11.6 Å². The van der Waals surface area contributed by atoms with E-state index in [1.54, 1.807) is 6.07 Å². The summed E-state index contributed by atoms with van der Waals surface area (Å²) in [6.07, 6.45) is 3.09. The van der Waals surface area contributed by atoms with Crippen LogP contribution in [0.15, 0.2) is 48.8 Å². The summed E-state index contributed by atoms with van der Waals surface area (Å²) in [4.78, 5) is 32.9. The number of benzene rings is 2. The van der Waals surface area contributed by atoms with E-state index in [1.165, 1.54) is 36.7 Å². The van der Waals surface area contributed by atoms with Crippen LogP contribution in [-0.2, 0) is 17.8 Å². The quantitative estimate of drug-likeness (QED) is 0.584. The third-order valence-electron chi connectivity index (χ3n) is 5.00. The van der Waals surface area contributed by atoms with Crippen molar-refractivity contribution in [2.75, 3.05) is 5.32 Å². The normalized spacial score (nSPS) is 14.5. The lowest BCUT2D eigenvalue weighted by atomic mass is 10.0. The van der Waals surface area contributed by atoms with E-state index in [1.807, 2.05) is 0 Å². The van der Waals surface area contributed by atoms with E-state index < -0.39 is 29.7 Å². The topological polar surface area (TPSA) is 93.2 Å². The monoisotopic (exact) mass is 458 g/mol. The summed E-state index contributed by atoms with van der Waals surface area (Å²) >= 11 is 5.75. The molecular formula is C22H17ClF2N4O3. The summed E-state index contributed by atoms with van der Waals surface area (Å²) in [6, 6.07) is 7.34. The maximum absolute atomic E-state index is 14.6. The first-order chi connectivity index (χ1) is 15.4. The van der Waals surface area contributed by atoms with Gasteiger partial charge in [0.05, 0.1) is 11.1 Å². The van der Waals surface area contributed by atoms with Crippen molar-refractivity contribution >= 4 is 29.3 Å². The highest BCUT2D eigenvalue weighted by molar-refractivity contribution is 6.31. The molecule has 7 nitrogen and oxygen atoms in total. The molecule has 10 heteroatoms. The smallest absolute Gasteiger partial charge is 0.408 e. The Labute approximate surface area is 186 Å². The second-order valence-corrected chi connectivity index (χ2v) is 7.45. The number of alkyl carbamates (subject to hydrolysis) is 1. The number of amides is 2. The van der Waals surface area contributed by atoms with Gasteiger partial charge in [-0.3, -0.25) is 4.79 Å². The second-order valence-electron chi connectivity index (χ2n) is 7.05. The fraction of sp³-hybridized carbons (Fsp3) is 0.182. The van der Waals surface area contributed by atoms with Gasteiger partial charge >= 0.3 is 6.09 Å². The number of halogens is 3. The van der Waals surface area contributed by atoms with Crippen molar-refractivity contribution in [3.8, 4) is 0 Å². The van der Waals surface area contributed by atoms with Crippen molar-refractivity contribution in [2.45, 2.75) is 25.5 Å². The predicted molar refractivity (Wildman–Crippen MR) is 112 cm³/mol. The van der Waals surface area contributed by atoms with Crippen molar-refractivity contribution in [1.29, 1.82) is 0 Å². The van der Waals surface area contributed by atoms with Crippen LogP contribution >= 0.6 is 11.6 Å². The van der Waals surface area contributed by atoms with Gasteiger partial charge in [0.25, 0.3) is 5.91 Å². The number of aromatic nitrogens is 2. The summed E-state index contributed by atoms with van der Waals surface area (Å²) in [5.74, 6) is -1.29. The number of nitrogens with one attached hydrogen (secondary N) is 2. The van der Waals surface area contributed by atoms with Gasteiger partial charge in [-0.05, 0) is 54.8 Å². The summed E-state index contributed by atoms with van der Waals surface area (Å²) in [5, 5.41) is 5.13. The van der Waals surface area contributed by atoms with E-state index in [4.69, 9.17) is 16.3 Å². The SMILES string of the molecule is O=C(N[C@H]1CCc2c(C(=O)Nc3ccc(F)c(Cl)c3)ccc(F)c21)OCc1ncccn1. The Kier molecular flexibility index (Phi) is 6.27. The van der Waals surface area contributed by atoms with Gasteiger partial charge < -0.3 is 15.4 Å². The first-order valence-electron chi connectivity index (χ1n) is 9.69. The minimum Gasteiger partial charge on any atom is -0.441 e. The molecule has 32 heavy (non-hydrogen) atoms. The second kappa shape index (κ2) is 9.27. The number of carbonyl (C=O) groups excluding carboxylic acids is 2. The first-order valence-corrected chi connectivity index (χ1v) is 10.1. The molecule has 0 radical (unpaired) electrons. The Morgan fingerprint density at radius 3 is 2.62 bits per heavy atom. The Morgan fingerprint density at radius 1 is 1.12 bits per heavy atom. The molecule has 0 bridgehead atoms. The molecule has 1 aliphatic rings. The molecule has 4 rings (SSSR count). The van der Waals surface area contributed by atoms with Crippen molar-refractivity contribution in [2.24, 2.45) is 0 Å². The van der Waals surface area contributed by atoms with Crippen molar-refractivity contribution in [3.63, 3.8) is 0 Å². The fourth-order valence-corrected chi connectivity index (χ4v) is 3.74. The standard InChI is InChI=1S/C22H17ClF2N4O3/c23-15-10-12(2-5-16(15)24)28-21(30)14-3-6-17(25)20-13(14)4-7-18(20)29-22(31)32-11-19-26-8-1-9-27-19/h1-3,5-6,8-10,18H,4,7,11H2,(H,28,30)(H,29,31)/t18-/m0/s1. The maximum atomic E-state index is 14.6. The zero-order chi connectivity index (χ0) is 22.7. The number of carbonyl (C=O) groups is 2. The molecule has 1 atom stereocenters. The van der Waals surface area contributed by atoms with Crippen molar-refractivity contribution in [1.82, 2.24) is 15.3 Å². The van der Waals surface area contributed by atoms with Crippen LogP contribution in [0.25, 0.3) is 0 Å². The first kappa shape index (κ1) is 21.6. The average molecular weight is 459 g/mol. The zero-order valence-electron chi connectivity index (χ0n) is 16.6. The molecule has 0 saturated carbocycles. The summed E-state index contributed by atoms with van der Waals surface area (Å²) in [5.41, 5.74) is 1.30. The van der Waals surface area contributed by atoms with Crippen LogP contribution in [0.2, 0.25) is 5.02 Å². The predicted octanol–water partition coefficient (Wildman–Crippen LogP) is 4.57. The average Bonchev–Trinajstić information content (AvgIpc) is 3.20. The molecule has 2 N–H and O–H groups in total. The van der Waals surface area contributed by atoms with Crippen LogP contribution < -0.4 is 10.6 Å². The summed E-state index contributed by atoms with van der Waals surface area (Å²) < 4.78 is 33.1. The summed E-state index contributed by atoms with van der Waals surface area (Å²) in [7, 11) is 0. The molecule has 164 valence electrons. The Hall–Kier alpha value is -3.59. The van der Waals surface area contributed by atoms with E-state index in [2.05, 4.69) is 20.6 Å². The van der Waals surface area contributed by atoms with Gasteiger partial charge in [0.15, 0.2) is 12.4 Å². The molecule has 1 aromatic heterocycles. The maximum Gasteiger partial charge on any atom is 0.408 e. The van der Waals surface area contributed by atoms with Gasteiger partial charge in [-0.1, -0.05) is 11.6 Å². The lowest BCUT2D eigenvalue weighted by molar-refractivity contribution is 0.102. The van der Waals surface area contributed by atoms with Crippen molar-refractivity contribution < 1.29 is 23.1 Å². The third kappa shape index (κ3) is 4.67. The molecule has 2 amide bonds. The minimum absolute atomic E-state index is 0.128. The molecule has 2 aromatic carbocycles. The number of nitrogens with zero attached hydrogens (tertiary/aromatic N) is 2. The highest BCUT2D eigenvalue weighted by Crippen LogP contribution is 2.36. The molecule has 0 aliphatic heterocycles. The minimum atomic E-state index is -0.745. The van der Waals surface area contributed by atoms with Gasteiger partial charge in [-0.15, -0.1) is 0 Å². The third-order valence-corrected chi connectivity index (χ3v) is 5.29. The number of ether oxygens (including phenoxy) is 1. The van der Waals surface area contributed by atoms with E-state index in [0.29, 0.717) is 29.9 Å². The van der Waals surface area contributed by atoms with E-state index in [9.17, 15) is 18.4 Å². The molecule has 0 unspecified atom stereocenters. The lowest BCUT2D eigenvalue weighted by Crippen LogP contribution is -2.28. The number of anilines is 1. The van der Waals surface area contributed by atoms with Crippen LogP contribution in [0.3, 0.4) is 0 Å². The lowest BCUT2D eigenvalue weighted by Gasteiger charge is -2.16. The largest absolute Gasteiger partial charge is 0.441 e. The van der Waals surface area contributed by atoms with E-state index >= 15 is 0 Å². The van der Waals surface area contributed by atoms with Gasteiger partial charge in [0.2, 0.25) is 0 Å². The Bertz CT molecular complexity index is 1180. The van der Waals surface area contributed by atoms with E-state index in [-0.39, 0.29) is 22.8 Å². The van der Waals surface area contributed by atoms with Crippen molar-refractivity contribution in [3.05, 3.63) is 88.0 Å². The number of fused-ring (bicyclic) bond motifs is 1. The van der Waals surface area contributed by atoms with E-state index in [0.717, 1.165) is 6.07 Å². The molecule has 3 aromatic rings. The molecule has 0 spiro atoms. The highest BCUT2D eigenvalue weighted by Gasteiger charge is 2.31. The number of hydrogen-bond acceptors (Lipinski definition) is 5. The molecule has 0 saturated heterocycles. The molecule has 1 heterocycles. The van der Waals surface area contributed by atoms with Crippen LogP contribution in [0.5, 0.6) is 0 Å². The van der Waals surface area contributed by atoms with Crippen LogP contribution in [0.4, 0.5) is 19.3 Å². The molecule has 1 aliphatic carbocycles. The highest BCUT2D eigenvalue weighted by atomic mass is 35.5. The van der Waals surface area contributed by atoms with Gasteiger partial charge in [-0.2, -0.15) is 0 Å². The fourth-order valence-electron chi connectivity index (χ4n) is 3.56. The van der Waals surface area contributed by atoms with Gasteiger partial charge in [0, 0.05) is 29.2 Å². The van der Waals surface area contributed by atoms with Gasteiger partial charge in [-0.25, -0.2) is 23.5 Å². The Balaban J connectivity index is 1.47. The number of rotatable bonds is 5. The summed E-state index contributed by atoms with van der Waals surface area (Å²) in [6.45, 7) is -0.128. The van der Waals surface area contributed by atoms with Crippen LogP contribution in [-0.4, -0.2) is 22.0 Å². The number of hydrogen-bond donors (Lipinski definition) is 2.